The van der Waals surface area contributed by atoms with Crippen LogP contribution < -0.4 is 0 Å². The highest BCUT2D eigenvalue weighted by Crippen LogP contribution is 2.27. The summed E-state index contributed by atoms with van der Waals surface area (Å²) in [5.74, 6) is 0. The summed E-state index contributed by atoms with van der Waals surface area (Å²) in [5.41, 5.74) is 0.547. The third kappa shape index (κ3) is 4.11. The maximum atomic E-state index is 6.01. The zero-order valence-electron chi connectivity index (χ0n) is 10.4. The van der Waals surface area contributed by atoms with Crippen LogP contribution in [0.15, 0.2) is 0 Å². The van der Waals surface area contributed by atoms with E-state index >= 15 is 0 Å². The van der Waals surface area contributed by atoms with Crippen LogP contribution in [0, 0.1) is 0 Å². The van der Waals surface area contributed by atoms with Gasteiger partial charge in [-0.2, -0.15) is 0 Å². The van der Waals surface area contributed by atoms with Crippen molar-refractivity contribution < 1.29 is 8.85 Å². The molecule has 0 atom stereocenters. The van der Waals surface area contributed by atoms with Gasteiger partial charge in [-0.05, 0) is 24.4 Å². The maximum absolute atomic E-state index is 6.01. The van der Waals surface area contributed by atoms with E-state index in [2.05, 4.69) is 34.6 Å². The van der Waals surface area contributed by atoms with Crippen molar-refractivity contribution in [1.29, 1.82) is 0 Å². The average Bonchev–Trinajstić information content (AvgIpc) is 2.18. The summed E-state index contributed by atoms with van der Waals surface area (Å²) in [4.78, 5) is 0. The van der Waals surface area contributed by atoms with Gasteiger partial charge >= 0.3 is 8.56 Å². The molecule has 0 aromatic carbocycles. The van der Waals surface area contributed by atoms with Gasteiger partial charge in [0.05, 0.1) is 0 Å². The Morgan fingerprint density at radius 2 is 1.36 bits per heavy atom. The number of hydrogen-bond acceptors (Lipinski definition) is 2. The largest absolute Gasteiger partial charge is 0.394 e. The normalized spacial score (nSPS) is 12.4. The zero-order valence-corrected chi connectivity index (χ0v) is 11.4. The van der Waals surface area contributed by atoms with Gasteiger partial charge in [0.15, 0.2) is 0 Å². The smallest absolute Gasteiger partial charge is 0.340 e. The molecule has 0 amide bonds. The summed E-state index contributed by atoms with van der Waals surface area (Å²) >= 11 is 0. The summed E-state index contributed by atoms with van der Waals surface area (Å²) in [6.07, 6.45) is 2.16. The second-order valence-electron chi connectivity index (χ2n) is 4.02. The van der Waals surface area contributed by atoms with Crippen LogP contribution in [-0.2, 0) is 8.85 Å². The quantitative estimate of drug-likeness (QED) is 0.578. The first kappa shape index (κ1) is 14.1. The van der Waals surface area contributed by atoms with E-state index in [9.17, 15) is 0 Å². The molecule has 0 aromatic rings. The van der Waals surface area contributed by atoms with Gasteiger partial charge in [0.25, 0.3) is 0 Å². The highest BCUT2D eigenvalue weighted by atomic mass is 28.4. The molecule has 0 N–H and O–H groups in total. The Kier molecular flexibility index (Phi) is 7.50. The van der Waals surface area contributed by atoms with Crippen LogP contribution in [0.1, 0.15) is 47.5 Å². The SMILES string of the molecule is CCCO[Si](CC)(OCCC)C(C)C. The van der Waals surface area contributed by atoms with Gasteiger partial charge in [-0.25, -0.2) is 0 Å². The van der Waals surface area contributed by atoms with E-state index < -0.39 is 8.56 Å². The standard InChI is InChI=1S/C11H26O2Si/c1-6-9-12-14(8-3,11(4)5)13-10-7-2/h11H,6-10H2,1-5H3. The van der Waals surface area contributed by atoms with Crippen LogP contribution in [0.2, 0.25) is 11.6 Å². The molecule has 2 nitrogen and oxygen atoms in total. The Bertz CT molecular complexity index is 129. The highest BCUT2D eigenvalue weighted by molar-refractivity contribution is 6.68. The van der Waals surface area contributed by atoms with Crippen molar-refractivity contribution in [2.75, 3.05) is 13.2 Å². The molecule has 0 saturated carbocycles. The van der Waals surface area contributed by atoms with Gasteiger partial charge in [-0.1, -0.05) is 34.6 Å². The van der Waals surface area contributed by atoms with E-state index in [1.165, 1.54) is 0 Å². The molecule has 0 bridgehead atoms. The predicted octanol–water partition coefficient (Wildman–Crippen LogP) is 3.71. The average molecular weight is 218 g/mol. The van der Waals surface area contributed by atoms with Crippen molar-refractivity contribution in [2.24, 2.45) is 0 Å². The molecule has 0 fully saturated rings. The fraction of sp³-hybridized carbons (Fsp3) is 1.00. The third-order valence-corrected chi connectivity index (χ3v) is 6.60. The van der Waals surface area contributed by atoms with Crippen molar-refractivity contribution >= 4 is 8.56 Å². The van der Waals surface area contributed by atoms with Gasteiger partial charge in [0.2, 0.25) is 0 Å². The Morgan fingerprint density at radius 3 is 1.57 bits per heavy atom. The minimum Gasteiger partial charge on any atom is -0.394 e. The fourth-order valence-corrected chi connectivity index (χ4v) is 4.61. The van der Waals surface area contributed by atoms with Crippen LogP contribution >= 0.6 is 0 Å². The summed E-state index contributed by atoms with van der Waals surface area (Å²) < 4.78 is 12.0. The number of rotatable bonds is 8. The molecular weight excluding hydrogens is 192 g/mol. The molecule has 3 heteroatoms. The molecule has 0 radical (unpaired) electrons. The van der Waals surface area contributed by atoms with Gasteiger partial charge in [-0.15, -0.1) is 0 Å². The Morgan fingerprint density at radius 1 is 0.929 bits per heavy atom. The van der Waals surface area contributed by atoms with Crippen LogP contribution in [0.4, 0.5) is 0 Å². The van der Waals surface area contributed by atoms with Crippen molar-refractivity contribution in [3.05, 3.63) is 0 Å². The van der Waals surface area contributed by atoms with Crippen LogP contribution in [-0.4, -0.2) is 21.8 Å². The second kappa shape index (κ2) is 7.43. The highest BCUT2D eigenvalue weighted by Gasteiger charge is 2.39. The zero-order chi connectivity index (χ0) is 11.0. The molecule has 0 aliphatic rings. The minimum atomic E-state index is -1.89. The predicted molar refractivity (Wildman–Crippen MR) is 63.8 cm³/mol. The first-order chi connectivity index (χ1) is 6.63. The lowest BCUT2D eigenvalue weighted by Gasteiger charge is -2.33. The summed E-state index contributed by atoms with van der Waals surface area (Å²) in [5, 5.41) is 0. The fourth-order valence-electron chi connectivity index (χ4n) is 1.54. The van der Waals surface area contributed by atoms with Gasteiger partial charge < -0.3 is 8.85 Å². The topological polar surface area (TPSA) is 18.5 Å². The van der Waals surface area contributed by atoms with Crippen molar-refractivity contribution in [3.8, 4) is 0 Å². The lowest BCUT2D eigenvalue weighted by molar-refractivity contribution is 0.161. The molecular formula is C11H26O2Si. The first-order valence-corrected chi connectivity index (χ1v) is 8.00. The monoisotopic (exact) mass is 218 g/mol. The first-order valence-electron chi connectivity index (χ1n) is 5.90. The summed E-state index contributed by atoms with van der Waals surface area (Å²) in [6.45, 7) is 12.6. The van der Waals surface area contributed by atoms with E-state index in [0.29, 0.717) is 5.54 Å². The summed E-state index contributed by atoms with van der Waals surface area (Å²) in [6, 6.07) is 1.06. The molecule has 0 spiro atoms. The minimum absolute atomic E-state index is 0.547. The summed E-state index contributed by atoms with van der Waals surface area (Å²) in [7, 11) is -1.89. The molecule has 14 heavy (non-hydrogen) atoms. The molecule has 0 aromatic heterocycles. The van der Waals surface area contributed by atoms with Gasteiger partial charge in [0.1, 0.15) is 0 Å². The van der Waals surface area contributed by atoms with Crippen LogP contribution in [0.25, 0.3) is 0 Å². The third-order valence-electron chi connectivity index (χ3n) is 2.47. The Balaban J connectivity index is 4.27. The molecule has 0 saturated heterocycles. The van der Waals surface area contributed by atoms with Crippen LogP contribution in [0.5, 0.6) is 0 Å². The van der Waals surface area contributed by atoms with Crippen molar-refractivity contribution in [1.82, 2.24) is 0 Å². The van der Waals surface area contributed by atoms with Crippen molar-refractivity contribution in [2.45, 2.75) is 59.0 Å². The van der Waals surface area contributed by atoms with E-state index in [0.717, 1.165) is 32.1 Å². The lowest BCUT2D eigenvalue weighted by atomic mass is 10.5. The molecule has 0 rings (SSSR count). The van der Waals surface area contributed by atoms with Crippen LogP contribution in [0.3, 0.4) is 0 Å². The lowest BCUT2D eigenvalue weighted by Crippen LogP contribution is -2.45. The van der Waals surface area contributed by atoms with E-state index in [1.54, 1.807) is 0 Å². The number of hydrogen-bond donors (Lipinski definition) is 0. The molecule has 0 aliphatic carbocycles. The molecule has 86 valence electrons. The van der Waals surface area contributed by atoms with Gasteiger partial charge in [-0.3, -0.25) is 0 Å². The molecule has 0 unspecified atom stereocenters. The van der Waals surface area contributed by atoms with Crippen molar-refractivity contribution in [3.63, 3.8) is 0 Å². The maximum Gasteiger partial charge on any atom is 0.340 e. The van der Waals surface area contributed by atoms with Gasteiger partial charge in [0, 0.05) is 13.2 Å². The second-order valence-corrected chi connectivity index (χ2v) is 8.08. The molecule has 0 heterocycles. The van der Waals surface area contributed by atoms with E-state index in [-0.39, 0.29) is 0 Å². The Labute approximate surface area is 90.2 Å². The van der Waals surface area contributed by atoms with E-state index in [4.69, 9.17) is 8.85 Å². The Hall–Kier alpha value is 0.137. The van der Waals surface area contributed by atoms with E-state index in [1.807, 2.05) is 0 Å². The molecule has 0 aliphatic heterocycles.